The average Bonchev–Trinajstić information content (AvgIpc) is 3.06. The molecule has 0 radical (unpaired) electrons. The molecule has 0 bridgehead atoms. The maximum Gasteiger partial charge on any atom is 0.315 e. The summed E-state index contributed by atoms with van der Waals surface area (Å²) in [6.07, 6.45) is 9.20. The Kier molecular flexibility index (Phi) is 9.20. The third-order valence-electron chi connectivity index (χ3n) is 4.79. The van der Waals surface area contributed by atoms with Crippen molar-refractivity contribution in [3.05, 3.63) is 0 Å². The van der Waals surface area contributed by atoms with Crippen molar-refractivity contribution < 1.29 is 4.79 Å². The van der Waals surface area contributed by atoms with Crippen LogP contribution in [-0.4, -0.2) is 59.8 Å². The number of nitrogens with zero attached hydrogens (tertiary/aromatic N) is 1. The Morgan fingerprint density at radius 1 is 1.08 bits per heavy atom. The molecular weight excluding hydrogens is 340 g/mol. The number of unbranched alkanes of at least 4 members (excludes halogenated alkanes) is 1. The van der Waals surface area contributed by atoms with Crippen molar-refractivity contribution in [2.75, 3.05) is 33.2 Å². The number of carbonyl (C=O) groups is 1. The fourth-order valence-corrected chi connectivity index (χ4v) is 4.69. The van der Waals surface area contributed by atoms with Crippen LogP contribution in [0.4, 0.5) is 4.79 Å². The van der Waals surface area contributed by atoms with E-state index in [0.717, 1.165) is 43.1 Å². The molecule has 0 aromatic heterocycles. The molecule has 5 nitrogen and oxygen atoms in total. The van der Waals surface area contributed by atoms with Crippen molar-refractivity contribution in [1.29, 1.82) is 0 Å². The molecule has 0 aromatic rings. The highest BCUT2D eigenvalue weighted by Crippen LogP contribution is 2.23. The monoisotopic (exact) mass is 372 g/mol. The van der Waals surface area contributed by atoms with Crippen LogP contribution in [0.15, 0.2) is 0 Å². The van der Waals surface area contributed by atoms with E-state index in [1.165, 1.54) is 38.8 Å². The Bertz CT molecular complexity index is 394. The minimum atomic E-state index is -0.0109. The van der Waals surface area contributed by atoms with Crippen LogP contribution in [0.5, 0.6) is 0 Å². The number of nitrogens with one attached hydrogen (secondary N) is 3. The summed E-state index contributed by atoms with van der Waals surface area (Å²) in [5.41, 5.74) is 0. The third kappa shape index (κ3) is 8.03. The number of rotatable bonds is 7. The van der Waals surface area contributed by atoms with E-state index < -0.39 is 0 Å². The van der Waals surface area contributed by atoms with Gasteiger partial charge < -0.3 is 20.9 Å². The van der Waals surface area contributed by atoms with E-state index in [9.17, 15) is 4.79 Å². The summed E-state index contributed by atoms with van der Waals surface area (Å²) in [4.78, 5) is 14.1. The SMILES string of the molecule is CN1CCC(SC(=S)NCCCCNC(=O)NC2CCCC2)CC1. The van der Waals surface area contributed by atoms with Crippen LogP contribution in [-0.2, 0) is 0 Å². The molecule has 7 heteroatoms. The molecule has 2 rings (SSSR count). The van der Waals surface area contributed by atoms with E-state index in [0.29, 0.717) is 11.3 Å². The molecule has 138 valence electrons. The van der Waals surface area contributed by atoms with Gasteiger partial charge in [0.1, 0.15) is 4.32 Å². The molecular formula is C17H32N4OS2. The Morgan fingerprint density at radius 3 is 2.38 bits per heavy atom. The van der Waals surface area contributed by atoms with E-state index in [-0.39, 0.29) is 6.03 Å². The number of thiocarbonyl (C=S) groups is 1. The second-order valence-corrected chi connectivity index (χ2v) is 8.90. The topological polar surface area (TPSA) is 56.4 Å². The molecule has 0 atom stereocenters. The van der Waals surface area contributed by atoms with Gasteiger partial charge in [-0.05, 0) is 58.7 Å². The van der Waals surface area contributed by atoms with Crippen molar-refractivity contribution in [2.45, 2.75) is 62.7 Å². The fourth-order valence-electron chi connectivity index (χ4n) is 3.24. The predicted molar refractivity (Wildman–Crippen MR) is 107 cm³/mol. The Morgan fingerprint density at radius 2 is 1.71 bits per heavy atom. The van der Waals surface area contributed by atoms with Crippen LogP contribution in [0.25, 0.3) is 0 Å². The zero-order chi connectivity index (χ0) is 17.2. The lowest BCUT2D eigenvalue weighted by Crippen LogP contribution is -2.41. The van der Waals surface area contributed by atoms with E-state index in [1.807, 2.05) is 11.8 Å². The molecule has 1 heterocycles. The van der Waals surface area contributed by atoms with Gasteiger partial charge in [-0.1, -0.05) is 36.8 Å². The molecule has 1 saturated carbocycles. The van der Waals surface area contributed by atoms with Gasteiger partial charge in [0.25, 0.3) is 0 Å². The molecule has 1 aliphatic carbocycles. The first kappa shape index (κ1) is 19.8. The van der Waals surface area contributed by atoms with Gasteiger partial charge in [0, 0.05) is 24.4 Å². The summed E-state index contributed by atoms with van der Waals surface area (Å²) in [5.74, 6) is 0. The zero-order valence-electron chi connectivity index (χ0n) is 14.8. The predicted octanol–water partition coefficient (Wildman–Crippen LogP) is 2.71. The normalized spacial score (nSPS) is 20.0. The van der Waals surface area contributed by atoms with Crippen molar-refractivity contribution in [2.24, 2.45) is 0 Å². The van der Waals surface area contributed by atoms with Crippen LogP contribution < -0.4 is 16.0 Å². The van der Waals surface area contributed by atoms with Crippen molar-refractivity contribution >= 4 is 34.3 Å². The number of carbonyl (C=O) groups excluding carboxylic acids is 1. The fraction of sp³-hybridized carbons (Fsp3) is 0.882. The number of amides is 2. The van der Waals surface area contributed by atoms with Gasteiger partial charge in [0.15, 0.2) is 0 Å². The lowest BCUT2D eigenvalue weighted by atomic mass is 10.1. The van der Waals surface area contributed by atoms with Crippen molar-refractivity contribution in [1.82, 2.24) is 20.9 Å². The first-order chi connectivity index (χ1) is 11.6. The number of thioether (sulfide) groups is 1. The number of likely N-dealkylation sites (tertiary alicyclic amines) is 1. The highest BCUT2D eigenvalue weighted by atomic mass is 32.2. The van der Waals surface area contributed by atoms with Crippen LogP contribution in [0.1, 0.15) is 51.4 Å². The lowest BCUT2D eigenvalue weighted by molar-refractivity contribution is 0.237. The maximum atomic E-state index is 11.7. The molecule has 24 heavy (non-hydrogen) atoms. The summed E-state index contributed by atoms with van der Waals surface area (Å²) in [6.45, 7) is 3.98. The van der Waals surface area contributed by atoms with Gasteiger partial charge in [0.2, 0.25) is 0 Å². The van der Waals surface area contributed by atoms with E-state index in [2.05, 4.69) is 27.9 Å². The van der Waals surface area contributed by atoms with Gasteiger partial charge in [-0.15, -0.1) is 0 Å². The number of hydrogen-bond donors (Lipinski definition) is 3. The number of hydrogen-bond acceptors (Lipinski definition) is 4. The van der Waals surface area contributed by atoms with E-state index >= 15 is 0 Å². The molecule has 0 spiro atoms. The summed E-state index contributed by atoms with van der Waals surface area (Å²) in [5, 5.41) is 10.00. The average molecular weight is 373 g/mol. The first-order valence-corrected chi connectivity index (χ1v) is 10.6. The Balaban J connectivity index is 1.41. The maximum absolute atomic E-state index is 11.7. The van der Waals surface area contributed by atoms with Gasteiger partial charge in [-0.3, -0.25) is 0 Å². The minimum Gasteiger partial charge on any atom is -0.371 e. The van der Waals surface area contributed by atoms with E-state index in [4.69, 9.17) is 12.2 Å². The largest absolute Gasteiger partial charge is 0.371 e. The Hall–Kier alpha value is -0.530. The third-order valence-corrected chi connectivity index (χ3v) is 6.38. The quantitative estimate of drug-likeness (QED) is 0.474. The lowest BCUT2D eigenvalue weighted by Gasteiger charge is -2.28. The summed E-state index contributed by atoms with van der Waals surface area (Å²) < 4.78 is 0.927. The van der Waals surface area contributed by atoms with Gasteiger partial charge in [0.05, 0.1) is 0 Å². The van der Waals surface area contributed by atoms with Crippen LogP contribution in [0.2, 0.25) is 0 Å². The molecule has 1 saturated heterocycles. The second-order valence-electron chi connectivity index (χ2n) is 6.92. The highest BCUT2D eigenvalue weighted by Gasteiger charge is 2.18. The minimum absolute atomic E-state index is 0.0109. The number of urea groups is 1. The standard InChI is InChI=1S/C17H32N4OS2/c1-21-12-8-15(9-13-21)24-17(23)19-11-5-4-10-18-16(22)20-14-6-2-3-7-14/h14-15H,2-13H2,1H3,(H,19,23)(H2,18,20,22). The number of piperidine rings is 1. The van der Waals surface area contributed by atoms with Crippen LogP contribution in [0.3, 0.4) is 0 Å². The molecule has 2 aliphatic rings. The van der Waals surface area contributed by atoms with Crippen LogP contribution in [0, 0.1) is 0 Å². The molecule has 2 fully saturated rings. The van der Waals surface area contributed by atoms with E-state index in [1.54, 1.807) is 0 Å². The second kappa shape index (κ2) is 11.2. The summed E-state index contributed by atoms with van der Waals surface area (Å²) in [7, 11) is 2.18. The Labute approximate surface area is 156 Å². The van der Waals surface area contributed by atoms with Gasteiger partial charge >= 0.3 is 6.03 Å². The molecule has 1 aliphatic heterocycles. The van der Waals surface area contributed by atoms with Crippen molar-refractivity contribution in [3.63, 3.8) is 0 Å². The molecule has 0 unspecified atom stereocenters. The summed E-state index contributed by atoms with van der Waals surface area (Å²) in [6, 6.07) is 0.379. The smallest absolute Gasteiger partial charge is 0.315 e. The van der Waals surface area contributed by atoms with Gasteiger partial charge in [-0.2, -0.15) is 0 Å². The van der Waals surface area contributed by atoms with Gasteiger partial charge in [-0.25, -0.2) is 4.79 Å². The highest BCUT2D eigenvalue weighted by molar-refractivity contribution is 8.23. The molecule has 2 amide bonds. The van der Waals surface area contributed by atoms with Crippen LogP contribution >= 0.6 is 24.0 Å². The molecule has 3 N–H and O–H groups in total. The molecule has 0 aromatic carbocycles. The van der Waals surface area contributed by atoms with Crippen molar-refractivity contribution in [3.8, 4) is 0 Å². The first-order valence-electron chi connectivity index (χ1n) is 9.31. The summed E-state index contributed by atoms with van der Waals surface area (Å²) >= 11 is 7.25. The zero-order valence-corrected chi connectivity index (χ0v) is 16.4.